The van der Waals surface area contributed by atoms with Gasteiger partial charge in [0.1, 0.15) is 5.75 Å². The number of imidazole rings is 1. The second-order valence-corrected chi connectivity index (χ2v) is 8.57. The average molecular weight is 499 g/mol. The van der Waals surface area contributed by atoms with Crippen molar-refractivity contribution in [2.45, 2.75) is 41.2 Å². The number of benzene rings is 3. The molecule has 1 aromatic heterocycles. The van der Waals surface area contributed by atoms with E-state index in [-0.39, 0.29) is 5.57 Å². The number of aldehydes is 1. The molecule has 0 aliphatic heterocycles. The summed E-state index contributed by atoms with van der Waals surface area (Å²) in [4.78, 5) is 28.2. The maximum absolute atomic E-state index is 11.8. The van der Waals surface area contributed by atoms with Gasteiger partial charge < -0.3 is 20.4 Å². The van der Waals surface area contributed by atoms with Crippen LogP contribution in [-0.4, -0.2) is 28.9 Å². The van der Waals surface area contributed by atoms with Crippen molar-refractivity contribution in [3.63, 3.8) is 0 Å². The second-order valence-electron chi connectivity index (χ2n) is 8.57. The molecule has 1 heterocycles. The number of allylic oxidation sites excluding steroid dienone is 1. The molecular weight excluding hydrogens is 464 g/mol. The zero-order chi connectivity index (χ0) is 27.1. The number of primary amides is 1. The molecule has 4 aromatic rings. The Morgan fingerprint density at radius 1 is 1.05 bits per heavy atom. The zero-order valence-electron chi connectivity index (χ0n) is 22.3. The molecule has 3 aromatic carbocycles. The number of amides is 1. The van der Waals surface area contributed by atoms with Gasteiger partial charge in [-0.25, -0.2) is 4.98 Å². The second kappa shape index (κ2) is 12.0. The maximum Gasteiger partial charge on any atom is 0.252 e. The van der Waals surface area contributed by atoms with E-state index in [1.165, 1.54) is 5.56 Å². The van der Waals surface area contributed by atoms with Crippen molar-refractivity contribution < 1.29 is 14.3 Å². The van der Waals surface area contributed by atoms with Gasteiger partial charge in [0.05, 0.1) is 30.3 Å². The molecule has 0 aliphatic rings. The third-order valence-corrected chi connectivity index (χ3v) is 5.96. The smallest absolute Gasteiger partial charge is 0.252 e. The van der Waals surface area contributed by atoms with Crippen LogP contribution in [0.4, 0.5) is 11.6 Å². The summed E-state index contributed by atoms with van der Waals surface area (Å²) in [6.45, 7) is 10.4. The van der Waals surface area contributed by atoms with Gasteiger partial charge >= 0.3 is 0 Å². The Hall–Kier alpha value is -4.39. The molecule has 37 heavy (non-hydrogen) atoms. The summed E-state index contributed by atoms with van der Waals surface area (Å²) in [6.07, 6.45) is 0.475. The first-order valence-corrected chi connectivity index (χ1v) is 12.2. The van der Waals surface area contributed by atoms with Crippen LogP contribution >= 0.6 is 0 Å². The quantitative estimate of drug-likeness (QED) is 0.136. The van der Waals surface area contributed by atoms with Crippen molar-refractivity contribution >= 4 is 40.4 Å². The Bertz CT molecular complexity index is 1470. The number of rotatable bonds is 8. The lowest BCUT2D eigenvalue weighted by molar-refractivity contribution is -0.116. The van der Waals surface area contributed by atoms with E-state index in [1.807, 2.05) is 57.2 Å². The number of carbonyl (C=O) groups is 2. The molecular formula is C30H34N4O3. The standard InChI is InChI=1S/C28H28N4O3.C2H6/c1-17-7-5-9-20(11-17)15-32-25-14-26(35-4)22(19(3)23(16-33)27(29)34)13-24(25)31-28(32)30-21-10-6-8-18(2)12-21;1-2/h5-14,16H,15H2,1-4H3,(H2,29,34)(H,30,31);1-2H3/b23-19+;. The molecule has 0 radical (unpaired) electrons. The number of fused-ring (bicyclic) bond motifs is 1. The van der Waals surface area contributed by atoms with Crippen LogP contribution in [0.15, 0.2) is 66.2 Å². The number of hydrogen-bond acceptors (Lipinski definition) is 5. The fourth-order valence-corrected chi connectivity index (χ4v) is 4.19. The van der Waals surface area contributed by atoms with Crippen molar-refractivity contribution in [1.82, 2.24) is 9.55 Å². The number of aromatic nitrogens is 2. The molecule has 0 spiro atoms. The van der Waals surface area contributed by atoms with Crippen LogP contribution < -0.4 is 15.8 Å². The number of ether oxygens (including phenoxy) is 1. The van der Waals surface area contributed by atoms with Crippen molar-refractivity contribution in [2.75, 3.05) is 12.4 Å². The summed E-state index contributed by atoms with van der Waals surface area (Å²) in [6, 6.07) is 20.1. The first-order valence-electron chi connectivity index (χ1n) is 12.2. The highest BCUT2D eigenvalue weighted by Gasteiger charge is 2.19. The molecule has 192 valence electrons. The van der Waals surface area contributed by atoms with Gasteiger partial charge in [-0.3, -0.25) is 9.59 Å². The van der Waals surface area contributed by atoms with Crippen LogP contribution in [0.2, 0.25) is 0 Å². The van der Waals surface area contributed by atoms with Crippen LogP contribution in [0, 0.1) is 13.8 Å². The molecule has 0 saturated heterocycles. The van der Waals surface area contributed by atoms with Crippen LogP contribution in [0.3, 0.4) is 0 Å². The van der Waals surface area contributed by atoms with Gasteiger partial charge in [0.15, 0.2) is 6.29 Å². The fourth-order valence-electron chi connectivity index (χ4n) is 4.19. The largest absolute Gasteiger partial charge is 0.496 e. The number of aryl methyl sites for hydroxylation is 2. The van der Waals surface area contributed by atoms with Gasteiger partial charge in [0.25, 0.3) is 5.91 Å². The Kier molecular flexibility index (Phi) is 8.85. The number of hydrogen-bond donors (Lipinski definition) is 2. The minimum atomic E-state index is -0.786. The summed E-state index contributed by atoms with van der Waals surface area (Å²) >= 11 is 0. The van der Waals surface area contributed by atoms with Gasteiger partial charge in [0, 0.05) is 17.3 Å². The van der Waals surface area contributed by atoms with Gasteiger partial charge in [-0.2, -0.15) is 0 Å². The van der Waals surface area contributed by atoms with Gasteiger partial charge in [0.2, 0.25) is 5.95 Å². The monoisotopic (exact) mass is 498 g/mol. The number of nitrogens with one attached hydrogen (secondary N) is 1. The van der Waals surface area contributed by atoms with E-state index in [0.717, 1.165) is 22.3 Å². The Morgan fingerprint density at radius 3 is 2.32 bits per heavy atom. The summed E-state index contributed by atoms with van der Waals surface area (Å²) < 4.78 is 7.74. The summed E-state index contributed by atoms with van der Waals surface area (Å²) in [7, 11) is 1.55. The highest BCUT2D eigenvalue weighted by Crippen LogP contribution is 2.34. The van der Waals surface area contributed by atoms with E-state index in [4.69, 9.17) is 15.5 Å². The predicted molar refractivity (Wildman–Crippen MR) is 150 cm³/mol. The van der Waals surface area contributed by atoms with Crippen LogP contribution in [0.5, 0.6) is 5.75 Å². The normalized spacial score (nSPS) is 11.3. The van der Waals surface area contributed by atoms with E-state index in [1.54, 1.807) is 14.0 Å². The highest BCUT2D eigenvalue weighted by molar-refractivity contribution is 6.16. The Labute approximate surface area is 218 Å². The highest BCUT2D eigenvalue weighted by atomic mass is 16.5. The topological polar surface area (TPSA) is 99.2 Å². The van der Waals surface area contributed by atoms with Gasteiger partial charge in [-0.05, 0) is 55.7 Å². The molecule has 7 nitrogen and oxygen atoms in total. The maximum atomic E-state index is 11.8. The summed E-state index contributed by atoms with van der Waals surface area (Å²) in [5, 5.41) is 3.44. The number of nitrogens with zero attached hydrogens (tertiary/aromatic N) is 2. The molecule has 3 N–H and O–H groups in total. The van der Waals surface area contributed by atoms with Gasteiger partial charge in [-0.15, -0.1) is 0 Å². The predicted octanol–water partition coefficient (Wildman–Crippen LogP) is 5.94. The minimum absolute atomic E-state index is 0.0973. The molecule has 0 atom stereocenters. The lowest BCUT2D eigenvalue weighted by Gasteiger charge is -2.14. The Morgan fingerprint density at radius 2 is 1.73 bits per heavy atom. The van der Waals surface area contributed by atoms with Gasteiger partial charge in [-0.1, -0.05) is 55.8 Å². The Balaban J connectivity index is 0.00000186. The van der Waals surface area contributed by atoms with E-state index >= 15 is 0 Å². The van der Waals surface area contributed by atoms with E-state index in [0.29, 0.717) is 41.2 Å². The van der Waals surface area contributed by atoms with Crippen molar-refractivity contribution in [3.05, 3.63) is 88.5 Å². The van der Waals surface area contributed by atoms with Crippen molar-refractivity contribution in [3.8, 4) is 5.75 Å². The molecule has 1 amide bonds. The SMILES string of the molecule is CC.COc1cc2c(cc1/C(C)=C(\C=O)C(N)=O)nc(Nc1cccc(C)c1)n2Cc1cccc(C)c1. The molecule has 0 bridgehead atoms. The minimum Gasteiger partial charge on any atom is -0.496 e. The molecule has 4 rings (SSSR count). The first kappa shape index (κ1) is 27.2. The lowest BCUT2D eigenvalue weighted by atomic mass is 10.00. The average Bonchev–Trinajstić information content (AvgIpc) is 3.20. The third-order valence-electron chi connectivity index (χ3n) is 5.96. The number of carbonyl (C=O) groups excluding carboxylic acids is 2. The van der Waals surface area contributed by atoms with Crippen molar-refractivity contribution in [1.29, 1.82) is 0 Å². The number of methoxy groups -OCH3 is 1. The molecule has 0 unspecified atom stereocenters. The first-order chi connectivity index (χ1) is 17.8. The van der Waals surface area contributed by atoms with Crippen LogP contribution in [-0.2, 0) is 16.1 Å². The summed E-state index contributed by atoms with van der Waals surface area (Å²) in [5.74, 6) is 0.396. The molecule has 0 fully saturated rings. The van der Waals surface area contributed by atoms with Crippen LogP contribution in [0.25, 0.3) is 16.6 Å². The third kappa shape index (κ3) is 6.06. The van der Waals surface area contributed by atoms with E-state index < -0.39 is 5.91 Å². The summed E-state index contributed by atoms with van der Waals surface area (Å²) in [5.41, 5.74) is 12.2. The van der Waals surface area contributed by atoms with E-state index in [2.05, 4.69) is 41.1 Å². The van der Waals surface area contributed by atoms with Crippen LogP contribution in [0.1, 0.15) is 43.0 Å². The number of nitrogens with two attached hydrogens (primary N) is 1. The lowest BCUT2D eigenvalue weighted by Crippen LogP contribution is -2.16. The van der Waals surface area contributed by atoms with Crippen molar-refractivity contribution in [2.24, 2.45) is 5.73 Å². The molecule has 7 heteroatoms. The molecule has 0 aliphatic carbocycles. The zero-order valence-corrected chi connectivity index (χ0v) is 22.3. The number of anilines is 2. The molecule has 0 saturated carbocycles. The van der Waals surface area contributed by atoms with E-state index in [9.17, 15) is 9.59 Å². The fraction of sp³-hybridized carbons (Fsp3) is 0.233.